The highest BCUT2D eigenvalue weighted by Gasteiger charge is 2.39. The van der Waals surface area contributed by atoms with Crippen LogP contribution in [0.3, 0.4) is 0 Å². The average Bonchev–Trinajstić information content (AvgIpc) is 3.54. The van der Waals surface area contributed by atoms with E-state index in [4.69, 9.17) is 9.15 Å². The highest BCUT2D eigenvalue weighted by atomic mass is 19.4. The van der Waals surface area contributed by atoms with Crippen molar-refractivity contribution in [2.24, 2.45) is 0 Å². The summed E-state index contributed by atoms with van der Waals surface area (Å²) in [6, 6.07) is 1.31. The number of hydrogen-bond donors (Lipinski definition) is 1. The van der Waals surface area contributed by atoms with Gasteiger partial charge in [0.05, 0.1) is 24.3 Å². The molecule has 1 N–H and O–H groups in total. The first-order valence-electron chi connectivity index (χ1n) is 11.3. The molecule has 38 heavy (non-hydrogen) atoms. The van der Waals surface area contributed by atoms with E-state index in [-0.39, 0.29) is 12.6 Å². The number of nitrogens with zero attached hydrogens (tertiary/aromatic N) is 6. The van der Waals surface area contributed by atoms with Gasteiger partial charge in [0.1, 0.15) is 17.2 Å². The lowest BCUT2D eigenvalue weighted by molar-refractivity contribution is -0.274. The van der Waals surface area contributed by atoms with Crippen LogP contribution in [0.2, 0.25) is 0 Å². The molecule has 0 unspecified atom stereocenters. The van der Waals surface area contributed by atoms with Gasteiger partial charge in [-0.15, -0.1) is 28.5 Å². The fraction of sp³-hybridized carbons (Fsp3) is 0.455. The maximum Gasteiger partial charge on any atom is 0.573 e. The standard InChI is InChI=1S/C22H23F4N7O5/c1-21(2,3)38-20(35)33-10-12(8-13(33)11-32-7-6-27-31-32)28-17(34)19-30-29-18(36-19)15-9-14(4-5-16(15)23)37-22(24,25)26/h4-7,9,12-13H,8,10-11H2,1-3H3,(H,28,34)/t12-,13+/m1/s1. The first kappa shape index (κ1) is 26.8. The van der Waals surface area contributed by atoms with Crippen LogP contribution in [0.5, 0.6) is 5.75 Å². The topological polar surface area (TPSA) is 138 Å². The normalized spacial score (nSPS) is 17.9. The first-order chi connectivity index (χ1) is 17.8. The Balaban J connectivity index is 1.46. The molecule has 12 nitrogen and oxygen atoms in total. The van der Waals surface area contributed by atoms with E-state index < -0.39 is 58.9 Å². The van der Waals surface area contributed by atoms with E-state index >= 15 is 0 Å². The Bertz CT molecular complexity index is 1290. The third-order valence-electron chi connectivity index (χ3n) is 5.27. The maximum atomic E-state index is 14.2. The molecule has 1 aliphatic rings. The molecule has 0 spiro atoms. The third-order valence-corrected chi connectivity index (χ3v) is 5.27. The lowest BCUT2D eigenvalue weighted by Gasteiger charge is -2.28. The molecule has 2 atom stereocenters. The summed E-state index contributed by atoms with van der Waals surface area (Å²) in [5, 5.41) is 17.5. The van der Waals surface area contributed by atoms with Crippen molar-refractivity contribution in [3.8, 4) is 17.2 Å². The molecule has 0 bridgehead atoms. The monoisotopic (exact) mass is 541 g/mol. The number of carbonyl (C=O) groups excluding carboxylic acids is 2. The van der Waals surface area contributed by atoms with Crippen molar-refractivity contribution in [2.75, 3.05) is 6.54 Å². The second kappa shape index (κ2) is 10.3. The van der Waals surface area contributed by atoms with Gasteiger partial charge in [-0.1, -0.05) is 5.21 Å². The van der Waals surface area contributed by atoms with Crippen LogP contribution in [0.4, 0.5) is 22.4 Å². The molecule has 204 valence electrons. The van der Waals surface area contributed by atoms with Crippen LogP contribution in [0, 0.1) is 5.82 Å². The fourth-order valence-electron chi connectivity index (χ4n) is 3.82. The lowest BCUT2D eigenvalue weighted by Crippen LogP contribution is -2.43. The van der Waals surface area contributed by atoms with E-state index in [0.717, 1.165) is 18.2 Å². The minimum absolute atomic E-state index is 0.104. The van der Waals surface area contributed by atoms with E-state index in [1.807, 2.05) is 0 Å². The van der Waals surface area contributed by atoms with E-state index in [2.05, 4.69) is 30.6 Å². The Labute approximate surface area is 212 Å². The molecule has 4 rings (SSSR count). The van der Waals surface area contributed by atoms with Crippen molar-refractivity contribution in [1.82, 2.24) is 35.4 Å². The van der Waals surface area contributed by atoms with Gasteiger partial charge in [0.15, 0.2) is 0 Å². The van der Waals surface area contributed by atoms with Crippen LogP contribution in [-0.4, -0.2) is 72.7 Å². The number of amides is 2. The Hall–Kier alpha value is -4.24. The number of hydrogen-bond acceptors (Lipinski definition) is 9. The van der Waals surface area contributed by atoms with Crippen LogP contribution in [0.25, 0.3) is 11.5 Å². The van der Waals surface area contributed by atoms with Crippen LogP contribution in [-0.2, 0) is 11.3 Å². The summed E-state index contributed by atoms with van der Waals surface area (Å²) in [7, 11) is 0. The fourth-order valence-corrected chi connectivity index (χ4v) is 3.82. The SMILES string of the molecule is CC(C)(C)OC(=O)N1C[C@H](NC(=O)c2nnc(-c3cc(OC(F)(F)F)ccc3F)o2)C[C@H]1Cn1ccnn1. The van der Waals surface area contributed by atoms with E-state index in [1.165, 1.54) is 11.1 Å². The van der Waals surface area contributed by atoms with Gasteiger partial charge in [-0.05, 0) is 45.4 Å². The molecule has 1 aliphatic heterocycles. The third kappa shape index (κ3) is 6.74. The molecule has 1 saturated heterocycles. The summed E-state index contributed by atoms with van der Waals surface area (Å²) in [5.41, 5.74) is -1.23. The predicted molar refractivity (Wildman–Crippen MR) is 119 cm³/mol. The van der Waals surface area contributed by atoms with Crippen LogP contribution >= 0.6 is 0 Å². The second-order valence-electron chi connectivity index (χ2n) is 9.42. The Morgan fingerprint density at radius 3 is 2.63 bits per heavy atom. The molecule has 1 aromatic carbocycles. The molecule has 0 aliphatic carbocycles. The number of aromatic nitrogens is 5. The molecule has 2 aromatic heterocycles. The first-order valence-corrected chi connectivity index (χ1v) is 11.3. The summed E-state index contributed by atoms with van der Waals surface area (Å²) in [6.45, 7) is 5.59. The quantitative estimate of drug-likeness (QED) is 0.467. The van der Waals surface area contributed by atoms with Gasteiger partial charge in [0.25, 0.3) is 5.89 Å². The highest BCUT2D eigenvalue weighted by molar-refractivity contribution is 5.90. The zero-order chi connectivity index (χ0) is 27.7. The minimum atomic E-state index is -4.99. The maximum absolute atomic E-state index is 14.2. The lowest BCUT2D eigenvalue weighted by atomic mass is 10.1. The van der Waals surface area contributed by atoms with Gasteiger partial charge < -0.3 is 24.1 Å². The number of benzene rings is 1. The zero-order valence-corrected chi connectivity index (χ0v) is 20.4. The number of rotatable bonds is 6. The molecular formula is C22H23F4N7O5. The summed E-state index contributed by atoms with van der Waals surface area (Å²) >= 11 is 0. The van der Waals surface area contributed by atoms with Crippen molar-refractivity contribution < 1.29 is 41.0 Å². The molecule has 0 radical (unpaired) electrons. The summed E-state index contributed by atoms with van der Waals surface area (Å²) in [5.74, 6) is -3.56. The van der Waals surface area contributed by atoms with E-state index in [1.54, 1.807) is 31.6 Å². The van der Waals surface area contributed by atoms with Gasteiger partial charge >= 0.3 is 24.3 Å². The molecular weight excluding hydrogens is 518 g/mol. The number of halogens is 4. The van der Waals surface area contributed by atoms with Gasteiger partial charge in [-0.3, -0.25) is 9.48 Å². The number of carbonyl (C=O) groups is 2. The Morgan fingerprint density at radius 2 is 1.97 bits per heavy atom. The van der Waals surface area contributed by atoms with Gasteiger partial charge in [-0.25, -0.2) is 9.18 Å². The zero-order valence-electron chi connectivity index (χ0n) is 20.4. The molecule has 3 aromatic rings. The molecule has 1 fully saturated rings. The summed E-state index contributed by atoms with van der Waals surface area (Å²) < 4.78 is 67.8. The van der Waals surface area contributed by atoms with Crippen LogP contribution in [0.15, 0.2) is 35.0 Å². The van der Waals surface area contributed by atoms with Crippen molar-refractivity contribution in [3.63, 3.8) is 0 Å². The summed E-state index contributed by atoms with van der Waals surface area (Å²) in [6.07, 6.45) is -2.11. The summed E-state index contributed by atoms with van der Waals surface area (Å²) in [4.78, 5) is 27.0. The number of alkyl halides is 3. The largest absolute Gasteiger partial charge is 0.573 e. The predicted octanol–water partition coefficient (Wildman–Crippen LogP) is 3.17. The molecule has 16 heteroatoms. The molecule has 2 amide bonds. The highest BCUT2D eigenvalue weighted by Crippen LogP contribution is 2.30. The van der Waals surface area contributed by atoms with Crippen molar-refractivity contribution in [1.29, 1.82) is 0 Å². The van der Waals surface area contributed by atoms with Crippen LogP contribution < -0.4 is 10.1 Å². The number of nitrogens with one attached hydrogen (secondary N) is 1. The molecule has 3 heterocycles. The number of ether oxygens (including phenoxy) is 2. The number of likely N-dealkylation sites (tertiary alicyclic amines) is 1. The Kier molecular flexibility index (Phi) is 7.24. The van der Waals surface area contributed by atoms with Gasteiger partial charge in [0.2, 0.25) is 0 Å². The smallest absolute Gasteiger partial charge is 0.444 e. The van der Waals surface area contributed by atoms with Crippen molar-refractivity contribution >= 4 is 12.0 Å². The van der Waals surface area contributed by atoms with Crippen LogP contribution in [0.1, 0.15) is 37.9 Å². The minimum Gasteiger partial charge on any atom is -0.444 e. The second-order valence-corrected chi connectivity index (χ2v) is 9.42. The molecule has 0 saturated carbocycles. The van der Waals surface area contributed by atoms with Gasteiger partial charge in [0, 0.05) is 18.8 Å². The van der Waals surface area contributed by atoms with Crippen molar-refractivity contribution in [3.05, 3.63) is 42.3 Å². The van der Waals surface area contributed by atoms with Crippen molar-refractivity contribution in [2.45, 2.75) is 57.8 Å². The van der Waals surface area contributed by atoms with E-state index in [9.17, 15) is 27.2 Å². The van der Waals surface area contributed by atoms with E-state index in [0.29, 0.717) is 13.0 Å². The average molecular weight is 541 g/mol. The Morgan fingerprint density at radius 1 is 1.21 bits per heavy atom. The van der Waals surface area contributed by atoms with Gasteiger partial charge in [-0.2, -0.15) is 0 Å².